The summed E-state index contributed by atoms with van der Waals surface area (Å²) in [6.45, 7) is 9.10. The van der Waals surface area contributed by atoms with E-state index in [0.29, 0.717) is 6.10 Å². The summed E-state index contributed by atoms with van der Waals surface area (Å²) < 4.78 is 15.4. The molecule has 0 amide bonds. The first kappa shape index (κ1) is 24.9. The van der Waals surface area contributed by atoms with Gasteiger partial charge in [0.15, 0.2) is 0 Å². The van der Waals surface area contributed by atoms with Gasteiger partial charge in [-0.2, -0.15) is 0 Å². The summed E-state index contributed by atoms with van der Waals surface area (Å²) in [5, 5.41) is 0. The van der Waals surface area contributed by atoms with Crippen LogP contribution in [0.2, 0.25) is 8.87 Å². The third-order valence-corrected chi connectivity index (χ3v) is 15.0. The molecule has 4 heteroatoms. The second-order valence-corrected chi connectivity index (χ2v) is 16.2. The molecule has 0 heterocycles. The summed E-state index contributed by atoms with van der Waals surface area (Å²) in [7, 11) is 1.93. The van der Waals surface area contributed by atoms with E-state index in [1.165, 1.54) is 73.1 Å². The van der Waals surface area contributed by atoms with Crippen LogP contribution in [0.5, 0.6) is 0 Å². The molecule has 0 saturated heterocycles. The van der Waals surface area contributed by atoms with Crippen LogP contribution in [0.4, 0.5) is 0 Å². The largest absolute Gasteiger partial charge is 0.412 e. The molecule has 22 heavy (non-hydrogen) atoms. The van der Waals surface area contributed by atoms with Crippen molar-refractivity contribution in [2.75, 3.05) is 7.11 Å². The number of hydrogen-bond donors (Lipinski definition) is 0. The first-order valence-corrected chi connectivity index (χ1v) is 15.8. The Bertz CT molecular complexity index is 208. The normalized spacial score (nSPS) is 11.7. The second kappa shape index (κ2) is 16.5. The Morgan fingerprint density at radius 2 is 1.14 bits per heavy atom. The van der Waals surface area contributed by atoms with Crippen molar-refractivity contribution in [1.82, 2.24) is 0 Å². The van der Waals surface area contributed by atoms with E-state index in [0.717, 1.165) is 0 Å². The van der Waals surface area contributed by atoms with E-state index in [4.69, 9.17) is 6.15 Å². The molecule has 0 aliphatic heterocycles. The van der Waals surface area contributed by atoms with Gasteiger partial charge in [0.1, 0.15) is 0 Å². The quantitative estimate of drug-likeness (QED) is 0.320. The van der Waals surface area contributed by atoms with E-state index in [1.54, 1.807) is 0 Å². The van der Waals surface area contributed by atoms with Crippen LogP contribution < -0.4 is 0 Å². The fourth-order valence-corrected chi connectivity index (χ4v) is 13.1. The Kier molecular flexibility index (Phi) is 18.7. The molecular formula is C18H42O3Sn. The van der Waals surface area contributed by atoms with Gasteiger partial charge >= 0.3 is 139 Å². The van der Waals surface area contributed by atoms with Crippen LogP contribution >= 0.6 is 0 Å². The molecule has 0 fully saturated rings. The minimum Gasteiger partial charge on any atom is -0.412 e. The van der Waals surface area contributed by atoms with Crippen molar-refractivity contribution in [3.05, 3.63) is 0 Å². The van der Waals surface area contributed by atoms with Crippen LogP contribution in [0.15, 0.2) is 0 Å². The van der Waals surface area contributed by atoms with Gasteiger partial charge in [0.05, 0.1) is 0 Å². The molecule has 0 saturated carbocycles. The zero-order valence-corrected chi connectivity index (χ0v) is 18.7. The Morgan fingerprint density at radius 3 is 1.45 bits per heavy atom. The van der Waals surface area contributed by atoms with Gasteiger partial charge in [-0.05, 0) is 0 Å². The Balaban J connectivity index is 0. The summed E-state index contributed by atoms with van der Waals surface area (Å²) >= 11 is -2.81. The minimum absolute atomic E-state index is 0. The van der Waals surface area contributed by atoms with Gasteiger partial charge in [0.2, 0.25) is 0 Å². The molecule has 136 valence electrons. The Hall–Kier alpha value is 0.679. The molecule has 0 aliphatic rings. The van der Waals surface area contributed by atoms with Crippen molar-refractivity contribution < 1.29 is 11.6 Å². The van der Waals surface area contributed by atoms with E-state index in [1.807, 2.05) is 7.11 Å². The molecule has 3 nitrogen and oxygen atoms in total. The molecule has 0 aromatic heterocycles. The monoisotopic (exact) mass is 426 g/mol. The maximum absolute atomic E-state index is 6.78. The standard InChI is InChI=1S/C9H19O.2C4H9.CH3O.H2O.Sn/c1-3-5-7-9(10)8-6-4-2;2*1-3-4-2;1-2;;/h9H,3-8H2,1-2H3;2*1,3-4H2,2H3;1H3;1H2;/q-1;;;-1;;+2. The van der Waals surface area contributed by atoms with Gasteiger partial charge in [0.25, 0.3) is 0 Å². The molecule has 0 bridgehead atoms. The summed E-state index contributed by atoms with van der Waals surface area (Å²) in [6, 6.07) is 0. The maximum Gasteiger partial charge on any atom is -0.412 e. The predicted molar refractivity (Wildman–Crippen MR) is 99.7 cm³/mol. The molecule has 0 spiro atoms. The van der Waals surface area contributed by atoms with Crippen molar-refractivity contribution in [3.8, 4) is 0 Å². The second-order valence-electron chi connectivity index (χ2n) is 6.35. The number of hydrogen-bond acceptors (Lipinski definition) is 2. The van der Waals surface area contributed by atoms with Crippen molar-refractivity contribution in [2.45, 2.75) is 107 Å². The van der Waals surface area contributed by atoms with Crippen LogP contribution in [-0.4, -0.2) is 37.9 Å². The molecule has 0 aromatic carbocycles. The van der Waals surface area contributed by atoms with Crippen LogP contribution in [0, 0.1) is 0 Å². The maximum atomic E-state index is 6.78. The zero-order chi connectivity index (χ0) is 16.0. The Labute approximate surface area is 144 Å². The zero-order valence-electron chi connectivity index (χ0n) is 15.9. The summed E-state index contributed by atoms with van der Waals surface area (Å²) in [4.78, 5) is 0. The number of unbranched alkanes of at least 4 members (excludes halogenated alkanes) is 4. The SMILES string of the molecule is CCCCC(CCCC)[O][Sn]([CH2]CCC)([CH2]CCC)[O]C.O. The molecule has 0 radical (unpaired) electrons. The molecular weight excluding hydrogens is 383 g/mol. The van der Waals surface area contributed by atoms with Gasteiger partial charge < -0.3 is 5.48 Å². The fraction of sp³-hybridized carbons (Fsp3) is 1.00. The van der Waals surface area contributed by atoms with Gasteiger partial charge in [-0.25, -0.2) is 0 Å². The van der Waals surface area contributed by atoms with Crippen molar-refractivity contribution in [3.63, 3.8) is 0 Å². The van der Waals surface area contributed by atoms with Gasteiger partial charge in [-0.15, -0.1) is 0 Å². The van der Waals surface area contributed by atoms with Crippen molar-refractivity contribution in [2.24, 2.45) is 0 Å². The molecule has 0 rings (SSSR count). The average molecular weight is 425 g/mol. The van der Waals surface area contributed by atoms with Crippen molar-refractivity contribution in [1.29, 1.82) is 0 Å². The summed E-state index contributed by atoms with van der Waals surface area (Å²) in [5.41, 5.74) is 0. The Morgan fingerprint density at radius 1 is 0.727 bits per heavy atom. The van der Waals surface area contributed by atoms with Gasteiger partial charge in [0, 0.05) is 0 Å². The van der Waals surface area contributed by atoms with Crippen LogP contribution in [0.25, 0.3) is 0 Å². The molecule has 0 atom stereocenters. The first-order chi connectivity index (χ1) is 10.2. The predicted octanol–water partition coefficient (Wildman–Crippen LogP) is 5.62. The van der Waals surface area contributed by atoms with E-state index in [-0.39, 0.29) is 5.48 Å². The summed E-state index contributed by atoms with van der Waals surface area (Å²) in [6.07, 6.45) is 13.1. The third-order valence-electron chi connectivity index (χ3n) is 4.34. The van der Waals surface area contributed by atoms with Gasteiger partial charge in [-0.1, -0.05) is 0 Å². The van der Waals surface area contributed by atoms with Gasteiger partial charge in [-0.3, -0.25) is 0 Å². The molecule has 0 aliphatic carbocycles. The number of rotatable bonds is 15. The fourth-order valence-electron chi connectivity index (χ4n) is 2.82. The van der Waals surface area contributed by atoms with Crippen LogP contribution in [-0.2, 0) is 6.15 Å². The minimum atomic E-state index is -2.81. The van der Waals surface area contributed by atoms with E-state index >= 15 is 0 Å². The van der Waals surface area contributed by atoms with E-state index < -0.39 is 19.2 Å². The smallest absolute Gasteiger partial charge is 0.412 e. The van der Waals surface area contributed by atoms with E-state index in [2.05, 4.69) is 27.7 Å². The topological polar surface area (TPSA) is 50.0 Å². The molecule has 0 unspecified atom stereocenters. The third kappa shape index (κ3) is 11.3. The van der Waals surface area contributed by atoms with E-state index in [9.17, 15) is 0 Å². The van der Waals surface area contributed by atoms with Crippen LogP contribution in [0.1, 0.15) is 91.9 Å². The van der Waals surface area contributed by atoms with Crippen LogP contribution in [0.3, 0.4) is 0 Å². The summed E-state index contributed by atoms with van der Waals surface area (Å²) in [5.74, 6) is 0. The average Bonchev–Trinajstić information content (AvgIpc) is 2.52. The molecule has 2 N–H and O–H groups in total. The molecule has 0 aromatic rings. The first-order valence-electron chi connectivity index (χ1n) is 9.40. The van der Waals surface area contributed by atoms with Crippen molar-refractivity contribution >= 4 is 19.2 Å².